The summed E-state index contributed by atoms with van der Waals surface area (Å²) in [5, 5.41) is 6.03. The number of aromatic nitrogens is 6. The van der Waals surface area contributed by atoms with Gasteiger partial charge in [-0.2, -0.15) is 5.10 Å². The zero-order chi connectivity index (χ0) is 18.7. The zero-order valence-electron chi connectivity index (χ0n) is 14.8. The fourth-order valence-corrected chi connectivity index (χ4v) is 4.10. The molecule has 1 fully saturated rings. The van der Waals surface area contributed by atoms with Crippen LogP contribution in [-0.2, 0) is 5.41 Å². The maximum atomic E-state index is 6.02. The van der Waals surface area contributed by atoms with Crippen molar-refractivity contribution in [2.75, 3.05) is 0 Å². The molecule has 0 unspecified atom stereocenters. The van der Waals surface area contributed by atoms with Crippen molar-refractivity contribution in [3.05, 3.63) is 83.8 Å². The quantitative estimate of drug-likeness (QED) is 0.466. The first-order valence-electron chi connectivity index (χ1n) is 9.12. The van der Waals surface area contributed by atoms with E-state index in [-0.39, 0.29) is 5.41 Å². The molecule has 0 spiro atoms. The monoisotopic (exact) mass is 386 g/mol. The van der Waals surface area contributed by atoms with Gasteiger partial charge in [0, 0.05) is 29.4 Å². The molecule has 7 heteroatoms. The van der Waals surface area contributed by atoms with Gasteiger partial charge in [-0.05, 0) is 36.6 Å². The van der Waals surface area contributed by atoms with E-state index < -0.39 is 0 Å². The van der Waals surface area contributed by atoms with Crippen LogP contribution in [0.1, 0.15) is 24.1 Å². The zero-order valence-corrected chi connectivity index (χ0v) is 15.6. The Hall–Kier alpha value is -3.25. The Labute approximate surface area is 165 Å². The first kappa shape index (κ1) is 15.8. The molecule has 28 heavy (non-hydrogen) atoms. The van der Waals surface area contributed by atoms with Gasteiger partial charge >= 0.3 is 0 Å². The summed E-state index contributed by atoms with van der Waals surface area (Å²) in [6, 6.07) is 10.6. The van der Waals surface area contributed by atoms with Crippen molar-refractivity contribution >= 4 is 28.3 Å². The number of nitrogens with zero attached hydrogens (tertiary/aromatic N) is 6. The van der Waals surface area contributed by atoms with Crippen molar-refractivity contribution in [2.45, 2.75) is 18.3 Å². The number of pyridine rings is 1. The van der Waals surface area contributed by atoms with Crippen LogP contribution >= 0.6 is 11.6 Å². The highest BCUT2D eigenvalue weighted by Gasteiger charge is 2.48. The summed E-state index contributed by atoms with van der Waals surface area (Å²) in [6.07, 6.45) is 13.1. The minimum atomic E-state index is -0.0362. The normalized spacial score (nSPS) is 15.3. The van der Waals surface area contributed by atoms with E-state index in [9.17, 15) is 0 Å². The Balaban J connectivity index is 1.51. The average Bonchev–Trinajstić information content (AvgIpc) is 3.23. The van der Waals surface area contributed by atoms with Gasteiger partial charge in [0.2, 0.25) is 5.78 Å². The van der Waals surface area contributed by atoms with Crippen molar-refractivity contribution in [3.8, 4) is 5.69 Å². The van der Waals surface area contributed by atoms with Crippen LogP contribution in [0.2, 0.25) is 5.02 Å². The average molecular weight is 387 g/mol. The molecule has 6 rings (SSSR count). The highest BCUT2D eigenvalue weighted by Crippen LogP contribution is 2.53. The van der Waals surface area contributed by atoms with Gasteiger partial charge in [-0.25, -0.2) is 14.6 Å². The molecule has 1 saturated carbocycles. The first-order valence-corrected chi connectivity index (χ1v) is 9.50. The molecular weight excluding hydrogens is 372 g/mol. The fraction of sp³-hybridized carbons (Fsp3) is 0.143. The maximum absolute atomic E-state index is 6.02. The van der Waals surface area contributed by atoms with Gasteiger partial charge in [0.15, 0.2) is 0 Å². The Morgan fingerprint density at radius 1 is 0.964 bits per heavy atom. The highest BCUT2D eigenvalue weighted by molar-refractivity contribution is 6.30. The second kappa shape index (κ2) is 5.62. The van der Waals surface area contributed by atoms with Gasteiger partial charge in [0.25, 0.3) is 0 Å². The minimum Gasteiger partial charge on any atom is -0.285 e. The van der Waals surface area contributed by atoms with Crippen LogP contribution in [0.4, 0.5) is 0 Å². The smallest absolute Gasteiger partial charge is 0.234 e. The molecule has 0 N–H and O–H groups in total. The highest BCUT2D eigenvalue weighted by atomic mass is 35.5. The van der Waals surface area contributed by atoms with Crippen LogP contribution in [0.3, 0.4) is 0 Å². The van der Waals surface area contributed by atoms with Gasteiger partial charge in [-0.3, -0.25) is 9.38 Å². The van der Waals surface area contributed by atoms with Gasteiger partial charge in [0.1, 0.15) is 0 Å². The van der Waals surface area contributed by atoms with E-state index in [0.29, 0.717) is 10.8 Å². The van der Waals surface area contributed by atoms with E-state index in [0.717, 1.165) is 35.1 Å². The first-order chi connectivity index (χ1) is 13.7. The van der Waals surface area contributed by atoms with E-state index in [1.807, 2.05) is 24.7 Å². The molecule has 0 atom stereocenters. The number of hydrogen-bond acceptors (Lipinski definition) is 4. The molecule has 0 radical (unpaired) electrons. The van der Waals surface area contributed by atoms with Gasteiger partial charge in [-0.15, -0.1) is 0 Å². The Kier molecular flexibility index (Phi) is 3.17. The van der Waals surface area contributed by atoms with Crippen LogP contribution in [0, 0.1) is 0 Å². The van der Waals surface area contributed by atoms with Crippen LogP contribution in [0.15, 0.2) is 67.5 Å². The topological polar surface area (TPSA) is 60.9 Å². The van der Waals surface area contributed by atoms with Gasteiger partial charge in [0.05, 0.1) is 40.5 Å². The van der Waals surface area contributed by atoms with E-state index in [4.69, 9.17) is 11.6 Å². The summed E-state index contributed by atoms with van der Waals surface area (Å²) in [4.78, 5) is 13.5. The van der Waals surface area contributed by atoms with Crippen molar-refractivity contribution < 1.29 is 0 Å². The molecule has 5 aromatic rings. The summed E-state index contributed by atoms with van der Waals surface area (Å²) < 4.78 is 3.80. The third-order valence-electron chi connectivity index (χ3n) is 5.56. The summed E-state index contributed by atoms with van der Waals surface area (Å²) in [6.45, 7) is 0. The summed E-state index contributed by atoms with van der Waals surface area (Å²) >= 11 is 6.02. The number of hydrogen-bond donors (Lipinski definition) is 0. The SMILES string of the molecule is Clc1cnn(-c2cnc3ncc(C4(c5ccc6ncccc6c5)CC4)n3c2)c1. The van der Waals surface area contributed by atoms with Gasteiger partial charge in [-0.1, -0.05) is 23.7 Å². The standard InChI is InChI=1S/C21H15ClN6/c22-16-9-26-28(12-16)17-10-24-20-25-11-19(27(20)13-17)21(5-6-21)15-3-4-18-14(8-15)2-1-7-23-18/h1-4,7-13H,5-6H2. The third-order valence-corrected chi connectivity index (χ3v) is 5.76. The molecule has 0 bridgehead atoms. The van der Waals surface area contributed by atoms with E-state index in [1.165, 1.54) is 5.56 Å². The Bertz CT molecular complexity index is 1350. The van der Waals surface area contributed by atoms with Crippen LogP contribution in [0.25, 0.3) is 22.4 Å². The maximum Gasteiger partial charge on any atom is 0.234 e. The minimum absolute atomic E-state index is 0.0362. The van der Waals surface area contributed by atoms with Crippen molar-refractivity contribution in [3.63, 3.8) is 0 Å². The predicted molar refractivity (Wildman–Crippen MR) is 107 cm³/mol. The van der Waals surface area contributed by atoms with Crippen molar-refractivity contribution in [1.82, 2.24) is 29.1 Å². The molecule has 0 saturated heterocycles. The molecule has 6 nitrogen and oxygen atoms in total. The molecule has 1 aliphatic carbocycles. The van der Waals surface area contributed by atoms with Crippen LogP contribution in [-0.4, -0.2) is 29.1 Å². The summed E-state index contributed by atoms with van der Waals surface area (Å²) in [5.74, 6) is 0.686. The lowest BCUT2D eigenvalue weighted by atomic mass is 9.91. The van der Waals surface area contributed by atoms with E-state index in [1.54, 1.807) is 23.3 Å². The molecule has 0 aliphatic heterocycles. The number of rotatable bonds is 3. The Morgan fingerprint density at radius 2 is 1.86 bits per heavy atom. The lowest BCUT2D eigenvalue weighted by Gasteiger charge is -2.16. The van der Waals surface area contributed by atoms with E-state index >= 15 is 0 Å². The number of fused-ring (bicyclic) bond motifs is 2. The largest absolute Gasteiger partial charge is 0.285 e. The molecule has 136 valence electrons. The molecule has 0 amide bonds. The lowest BCUT2D eigenvalue weighted by molar-refractivity contribution is 0.779. The Morgan fingerprint density at radius 3 is 2.68 bits per heavy atom. The number of halogens is 1. The number of imidazole rings is 1. The molecule has 1 aliphatic rings. The van der Waals surface area contributed by atoms with Crippen molar-refractivity contribution in [1.29, 1.82) is 0 Å². The predicted octanol–water partition coefficient (Wildman–Crippen LogP) is 4.20. The molecule has 4 heterocycles. The van der Waals surface area contributed by atoms with Crippen LogP contribution < -0.4 is 0 Å². The number of benzene rings is 1. The third kappa shape index (κ3) is 2.28. The van der Waals surface area contributed by atoms with Crippen molar-refractivity contribution in [2.24, 2.45) is 0 Å². The fourth-order valence-electron chi connectivity index (χ4n) is 3.97. The molecule has 1 aromatic carbocycles. The second-order valence-corrected chi connectivity index (χ2v) is 7.66. The molecule has 4 aromatic heterocycles. The van der Waals surface area contributed by atoms with Gasteiger partial charge < -0.3 is 0 Å². The molecular formula is C21H15ClN6. The lowest BCUT2D eigenvalue weighted by Crippen LogP contribution is -2.12. The van der Waals surface area contributed by atoms with E-state index in [2.05, 4.69) is 48.7 Å². The summed E-state index contributed by atoms with van der Waals surface area (Å²) in [5.41, 5.74) is 4.27. The van der Waals surface area contributed by atoms with Crippen LogP contribution in [0.5, 0.6) is 0 Å². The summed E-state index contributed by atoms with van der Waals surface area (Å²) in [7, 11) is 0. The second-order valence-electron chi connectivity index (χ2n) is 7.22.